The zero-order valence-electron chi connectivity index (χ0n) is 11.0. The first-order valence-corrected chi connectivity index (χ1v) is 5.94. The van der Waals surface area contributed by atoms with Gasteiger partial charge < -0.3 is 20.8 Å². The quantitative estimate of drug-likeness (QED) is 0.415. The number of rotatable bonds is 4. The van der Waals surface area contributed by atoms with Crippen LogP contribution in [0.1, 0.15) is 27.7 Å². The van der Waals surface area contributed by atoms with Crippen LogP contribution in [0.25, 0.3) is 0 Å². The molecule has 7 heteroatoms. The monoisotopic (exact) mass is 478 g/mol. The first kappa shape index (κ1) is 22.4. The van der Waals surface area contributed by atoms with Gasteiger partial charge in [-0.3, -0.25) is 0 Å². The summed E-state index contributed by atoms with van der Waals surface area (Å²) < 4.78 is 0. The molecule has 0 rings (SSSR count). The van der Waals surface area contributed by atoms with Crippen LogP contribution in [0.3, 0.4) is 0 Å². The van der Waals surface area contributed by atoms with Gasteiger partial charge in [-0.05, 0) is 36.3 Å². The molecular weight excluding hydrogens is 453 g/mol. The van der Waals surface area contributed by atoms with Crippen molar-refractivity contribution >= 4 is 61.0 Å². The molecule has 4 N–H and O–H groups in total. The van der Waals surface area contributed by atoms with E-state index >= 15 is 0 Å². The summed E-state index contributed by atoms with van der Waals surface area (Å²) in [4.78, 5) is 1.85. The van der Waals surface area contributed by atoms with E-state index in [1.807, 2.05) is 4.90 Å². The van der Waals surface area contributed by atoms with Crippen molar-refractivity contribution < 1.29 is 10.2 Å². The molecule has 0 aromatic carbocycles. The molecule has 0 spiro atoms. The van der Waals surface area contributed by atoms with E-state index in [1.54, 1.807) is 0 Å². The second-order valence-corrected chi connectivity index (χ2v) is 5.10. The molecule has 0 saturated heterocycles. The molecular formula is C10H25BiN2O2S2. The van der Waals surface area contributed by atoms with Gasteiger partial charge in [-0.15, -0.1) is 0 Å². The average molecular weight is 478 g/mol. The fourth-order valence-corrected chi connectivity index (χ4v) is 1.26. The Labute approximate surface area is 134 Å². The third-order valence-electron chi connectivity index (χ3n) is 1.44. The molecule has 0 amide bonds. The van der Waals surface area contributed by atoms with Crippen LogP contribution in [0.2, 0.25) is 0 Å². The molecule has 0 aliphatic heterocycles. The van der Waals surface area contributed by atoms with Crippen LogP contribution in [0, 0.1) is 11.8 Å². The first-order valence-electron chi connectivity index (χ1n) is 5.13. The Morgan fingerprint density at radius 2 is 1.29 bits per heavy atom. The SMILES string of the molecule is CC(C)CN(CC(C)C)C(O)=S.NC(O)=S.[BiH3]. The van der Waals surface area contributed by atoms with Crippen LogP contribution >= 0.6 is 24.4 Å². The van der Waals surface area contributed by atoms with Gasteiger partial charge in [0.2, 0.25) is 0 Å². The predicted molar refractivity (Wildman–Crippen MR) is 85.8 cm³/mol. The van der Waals surface area contributed by atoms with E-state index in [9.17, 15) is 0 Å². The summed E-state index contributed by atoms with van der Waals surface area (Å²) in [6, 6.07) is 0. The zero-order valence-corrected chi connectivity index (χ0v) is 18.1. The molecule has 0 saturated carbocycles. The number of nitrogens with zero attached hydrogens (tertiary/aromatic N) is 1. The zero-order chi connectivity index (χ0) is 13.3. The van der Waals surface area contributed by atoms with Crippen LogP contribution in [0.4, 0.5) is 0 Å². The minimum atomic E-state index is -0.500. The summed E-state index contributed by atoms with van der Waals surface area (Å²) in [6.07, 6.45) is 0. The van der Waals surface area contributed by atoms with E-state index in [4.69, 9.17) is 22.4 Å². The van der Waals surface area contributed by atoms with Crippen LogP contribution < -0.4 is 5.73 Å². The van der Waals surface area contributed by atoms with E-state index in [0.717, 1.165) is 13.1 Å². The molecule has 104 valence electrons. The molecule has 0 radical (unpaired) electrons. The normalized spacial score (nSPS) is 9.06. The van der Waals surface area contributed by atoms with Crippen molar-refractivity contribution in [3.05, 3.63) is 0 Å². The third kappa shape index (κ3) is 22.0. The Hall–Kier alpha value is 0.263. The molecule has 0 unspecified atom stereocenters. The maximum atomic E-state index is 9.17. The standard InChI is InChI=1S/C9H19NOS.CH3NOS.Bi.3H/c1-7(2)5-10(9(11)12)6-8(3)4;2-1(3)4;;;;/h7-8H,5-6H2,1-4H3,(H,11,12);(H3,2,3,4);;;;. The second-order valence-electron chi connectivity index (χ2n) is 4.31. The van der Waals surface area contributed by atoms with Crippen molar-refractivity contribution in [1.29, 1.82) is 0 Å². The van der Waals surface area contributed by atoms with Crippen LogP contribution in [-0.4, -0.2) is 64.8 Å². The molecule has 0 aromatic heterocycles. The Bertz CT molecular complexity index is 212. The summed E-state index contributed by atoms with van der Waals surface area (Å²) in [5.41, 5.74) is 4.40. The molecule has 0 bridgehead atoms. The Kier molecular flexibility index (Phi) is 16.8. The Balaban J connectivity index is -0.000000340. The van der Waals surface area contributed by atoms with Crippen molar-refractivity contribution in [2.75, 3.05) is 13.1 Å². The molecule has 0 fully saturated rings. The maximum absolute atomic E-state index is 9.17. The van der Waals surface area contributed by atoms with Crippen molar-refractivity contribution in [3.8, 4) is 0 Å². The fourth-order valence-electron chi connectivity index (χ4n) is 1.11. The summed E-state index contributed by atoms with van der Waals surface area (Å²) >= 11 is 8.61. The van der Waals surface area contributed by atoms with E-state index in [2.05, 4.69) is 45.6 Å². The van der Waals surface area contributed by atoms with E-state index in [-0.39, 0.29) is 31.4 Å². The van der Waals surface area contributed by atoms with Gasteiger partial charge in [0.1, 0.15) is 0 Å². The average Bonchev–Trinajstić information content (AvgIpc) is 1.99. The van der Waals surface area contributed by atoms with Crippen LogP contribution in [-0.2, 0) is 0 Å². The number of aliphatic hydroxyl groups is 2. The van der Waals surface area contributed by atoms with Crippen molar-refractivity contribution in [2.45, 2.75) is 27.7 Å². The van der Waals surface area contributed by atoms with Gasteiger partial charge in [-0.2, -0.15) is 0 Å². The van der Waals surface area contributed by atoms with Gasteiger partial charge in [-0.25, -0.2) is 0 Å². The topological polar surface area (TPSA) is 69.7 Å². The van der Waals surface area contributed by atoms with Gasteiger partial charge in [0, 0.05) is 13.1 Å². The Morgan fingerprint density at radius 1 is 1.06 bits per heavy atom. The summed E-state index contributed by atoms with van der Waals surface area (Å²) in [7, 11) is 0. The second kappa shape index (κ2) is 12.7. The van der Waals surface area contributed by atoms with Crippen molar-refractivity contribution in [2.24, 2.45) is 17.6 Å². The van der Waals surface area contributed by atoms with E-state index in [0.29, 0.717) is 11.8 Å². The fraction of sp³-hybridized carbons (Fsp3) is 0.800. The van der Waals surface area contributed by atoms with Crippen molar-refractivity contribution in [3.63, 3.8) is 0 Å². The first-order chi connectivity index (χ1) is 7.16. The molecule has 4 nitrogen and oxygen atoms in total. The number of thiocarbonyl (C=S) groups is 2. The van der Waals surface area contributed by atoms with Crippen LogP contribution in [0.5, 0.6) is 0 Å². The number of nitrogens with two attached hydrogens (primary N) is 1. The number of aliphatic hydroxyl groups excluding tert-OH is 2. The van der Waals surface area contributed by atoms with Crippen LogP contribution in [0.15, 0.2) is 0 Å². The molecule has 0 aliphatic carbocycles. The van der Waals surface area contributed by atoms with Gasteiger partial charge in [0.25, 0.3) is 10.3 Å². The molecule has 0 atom stereocenters. The van der Waals surface area contributed by atoms with Gasteiger partial charge >= 0.3 is 26.2 Å². The Morgan fingerprint density at radius 3 is 1.41 bits per heavy atom. The number of hydrogen-bond donors (Lipinski definition) is 3. The van der Waals surface area contributed by atoms with E-state index < -0.39 is 5.17 Å². The minimum absolute atomic E-state index is 0. The predicted octanol–water partition coefficient (Wildman–Crippen LogP) is 1.05. The molecule has 0 aliphatic rings. The molecule has 0 aromatic rings. The summed E-state index contributed by atoms with van der Waals surface area (Å²) in [6.45, 7) is 10.1. The number of hydrogen-bond acceptors (Lipinski definition) is 2. The van der Waals surface area contributed by atoms with Crippen molar-refractivity contribution in [1.82, 2.24) is 4.90 Å². The molecule has 0 heterocycles. The van der Waals surface area contributed by atoms with Gasteiger partial charge in [-0.1, -0.05) is 27.7 Å². The third-order valence-corrected chi connectivity index (χ3v) is 1.70. The molecule has 17 heavy (non-hydrogen) atoms. The van der Waals surface area contributed by atoms with Gasteiger partial charge in [0.15, 0.2) is 0 Å². The summed E-state index contributed by atoms with van der Waals surface area (Å²) in [5, 5.41) is 16.3. The van der Waals surface area contributed by atoms with Gasteiger partial charge in [0.05, 0.1) is 0 Å². The van der Waals surface area contributed by atoms with E-state index in [1.165, 1.54) is 0 Å². The summed E-state index contributed by atoms with van der Waals surface area (Å²) in [5.74, 6) is 1.07.